The van der Waals surface area contributed by atoms with Gasteiger partial charge in [-0.3, -0.25) is 4.79 Å². The Kier molecular flexibility index (Phi) is 5.90. The van der Waals surface area contributed by atoms with Gasteiger partial charge in [0.25, 0.3) is 5.91 Å². The maximum atomic E-state index is 12.1. The fourth-order valence-corrected chi connectivity index (χ4v) is 3.43. The largest absolute Gasteiger partial charge is 0.451 e. The zero-order valence-electron chi connectivity index (χ0n) is 13.6. The molecule has 0 saturated heterocycles. The molecule has 1 atom stereocenters. The van der Waals surface area contributed by atoms with Gasteiger partial charge < -0.3 is 10.1 Å². The van der Waals surface area contributed by atoms with Crippen LogP contribution in [0.5, 0.6) is 0 Å². The van der Waals surface area contributed by atoms with Crippen molar-refractivity contribution in [2.45, 2.75) is 33.7 Å². The number of ether oxygens (including phenoxy) is 1. The van der Waals surface area contributed by atoms with Crippen LogP contribution in [-0.2, 0) is 9.53 Å². The average Bonchev–Trinajstić information content (AvgIpc) is 3.13. The first-order valence-electron chi connectivity index (χ1n) is 7.35. The Morgan fingerprint density at radius 1 is 1.35 bits per heavy atom. The highest BCUT2D eigenvalue weighted by molar-refractivity contribution is 7.17. The third kappa shape index (κ3) is 4.62. The van der Waals surface area contributed by atoms with Gasteiger partial charge in [-0.2, -0.15) is 11.3 Å². The summed E-state index contributed by atoms with van der Waals surface area (Å²) >= 11 is 2.86. The van der Waals surface area contributed by atoms with Gasteiger partial charge >= 0.3 is 5.97 Å². The summed E-state index contributed by atoms with van der Waals surface area (Å²) in [6, 6.07) is 2.00. The highest BCUT2D eigenvalue weighted by Gasteiger charge is 2.19. The van der Waals surface area contributed by atoms with Crippen LogP contribution in [0.1, 0.15) is 36.1 Å². The van der Waals surface area contributed by atoms with Gasteiger partial charge in [0.1, 0.15) is 9.88 Å². The van der Waals surface area contributed by atoms with Crippen LogP contribution in [0.25, 0.3) is 10.6 Å². The summed E-state index contributed by atoms with van der Waals surface area (Å²) in [6.07, 6.45) is 0. The van der Waals surface area contributed by atoms with Gasteiger partial charge in [0.2, 0.25) is 0 Å². The quantitative estimate of drug-likeness (QED) is 0.808. The summed E-state index contributed by atoms with van der Waals surface area (Å²) in [7, 11) is 0. The molecule has 5 nitrogen and oxygen atoms in total. The topological polar surface area (TPSA) is 68.3 Å². The molecule has 0 aliphatic rings. The van der Waals surface area contributed by atoms with Gasteiger partial charge in [0.05, 0.1) is 5.69 Å². The molecule has 0 spiro atoms. The Morgan fingerprint density at radius 2 is 2.09 bits per heavy atom. The van der Waals surface area contributed by atoms with Crippen molar-refractivity contribution in [1.82, 2.24) is 10.3 Å². The van der Waals surface area contributed by atoms with Crippen LogP contribution in [0.4, 0.5) is 0 Å². The molecular formula is C16H20N2O3S2. The van der Waals surface area contributed by atoms with Crippen molar-refractivity contribution in [2.75, 3.05) is 6.61 Å². The minimum Gasteiger partial charge on any atom is -0.451 e. The molecule has 124 valence electrons. The molecule has 1 unspecified atom stereocenters. The van der Waals surface area contributed by atoms with Crippen LogP contribution in [-0.4, -0.2) is 29.5 Å². The normalized spacial score (nSPS) is 12.2. The van der Waals surface area contributed by atoms with Crippen molar-refractivity contribution in [2.24, 2.45) is 5.92 Å². The number of hydrogen-bond donors (Lipinski definition) is 1. The number of esters is 1. The first-order chi connectivity index (χ1) is 10.9. The lowest BCUT2D eigenvalue weighted by molar-refractivity contribution is -0.125. The second-order valence-electron chi connectivity index (χ2n) is 5.62. The molecule has 0 aromatic carbocycles. The summed E-state index contributed by atoms with van der Waals surface area (Å²) < 4.78 is 5.10. The van der Waals surface area contributed by atoms with E-state index in [0.29, 0.717) is 16.5 Å². The van der Waals surface area contributed by atoms with Crippen LogP contribution in [0.2, 0.25) is 0 Å². The lowest BCUT2D eigenvalue weighted by Gasteiger charge is -2.17. The smallest absolute Gasteiger partial charge is 0.350 e. The molecule has 23 heavy (non-hydrogen) atoms. The van der Waals surface area contributed by atoms with Crippen LogP contribution < -0.4 is 5.32 Å². The number of rotatable bonds is 6. The second kappa shape index (κ2) is 7.70. The third-order valence-corrected chi connectivity index (χ3v) is 5.34. The number of carbonyl (C=O) groups is 2. The first kappa shape index (κ1) is 17.6. The van der Waals surface area contributed by atoms with E-state index < -0.39 is 5.97 Å². The van der Waals surface area contributed by atoms with Gasteiger partial charge in [-0.1, -0.05) is 13.8 Å². The molecule has 0 saturated carbocycles. The number of thiophene rings is 1. The number of hydrogen-bond acceptors (Lipinski definition) is 6. The van der Waals surface area contributed by atoms with Crippen molar-refractivity contribution in [1.29, 1.82) is 0 Å². The van der Waals surface area contributed by atoms with E-state index in [4.69, 9.17) is 4.74 Å². The molecule has 2 heterocycles. The van der Waals surface area contributed by atoms with E-state index in [2.05, 4.69) is 10.3 Å². The summed E-state index contributed by atoms with van der Waals surface area (Å²) in [5, 5.41) is 7.53. The third-order valence-electron chi connectivity index (χ3n) is 3.47. The van der Waals surface area contributed by atoms with Crippen molar-refractivity contribution in [3.8, 4) is 10.6 Å². The zero-order valence-corrected chi connectivity index (χ0v) is 15.2. The lowest BCUT2D eigenvalue weighted by Crippen LogP contribution is -2.38. The van der Waals surface area contributed by atoms with Crippen molar-refractivity contribution >= 4 is 34.6 Å². The molecule has 0 bridgehead atoms. The summed E-state index contributed by atoms with van der Waals surface area (Å²) in [5.74, 6) is -0.472. The molecule has 2 rings (SSSR count). The molecule has 0 fully saturated rings. The molecule has 7 heteroatoms. The van der Waals surface area contributed by atoms with Crippen LogP contribution in [0.3, 0.4) is 0 Å². The van der Waals surface area contributed by atoms with Crippen LogP contribution in [0, 0.1) is 12.8 Å². The van der Waals surface area contributed by atoms with E-state index >= 15 is 0 Å². The minimum atomic E-state index is -0.506. The van der Waals surface area contributed by atoms with E-state index in [9.17, 15) is 9.59 Å². The summed E-state index contributed by atoms with van der Waals surface area (Å²) in [5.41, 5.74) is 1.61. The van der Waals surface area contributed by atoms with Crippen molar-refractivity contribution < 1.29 is 14.3 Å². The predicted molar refractivity (Wildman–Crippen MR) is 92.9 cm³/mol. The van der Waals surface area contributed by atoms with E-state index in [1.165, 1.54) is 11.3 Å². The molecule has 0 aliphatic carbocycles. The fraction of sp³-hybridized carbons (Fsp3) is 0.438. The number of carbonyl (C=O) groups excluding carboxylic acids is 2. The second-order valence-corrected chi connectivity index (χ2v) is 7.40. The van der Waals surface area contributed by atoms with E-state index in [1.54, 1.807) is 18.3 Å². The number of thiazole rings is 1. The Balaban J connectivity index is 1.95. The predicted octanol–water partition coefficient (Wildman–Crippen LogP) is 3.50. The monoisotopic (exact) mass is 352 g/mol. The molecule has 1 amide bonds. The molecule has 0 radical (unpaired) electrons. The average molecular weight is 352 g/mol. The maximum Gasteiger partial charge on any atom is 0.350 e. The Hall–Kier alpha value is -1.73. The van der Waals surface area contributed by atoms with Crippen molar-refractivity contribution in [3.05, 3.63) is 27.4 Å². The van der Waals surface area contributed by atoms with E-state index in [-0.39, 0.29) is 18.6 Å². The molecule has 2 aromatic heterocycles. The number of nitrogens with zero attached hydrogens (tertiary/aromatic N) is 1. The van der Waals surface area contributed by atoms with Gasteiger partial charge in [-0.25, -0.2) is 9.78 Å². The molecular weight excluding hydrogens is 332 g/mol. The SMILES string of the molecule is Cc1nc(-c2ccsc2)sc1C(=O)OCC(=O)NC(C)C(C)C. The van der Waals surface area contributed by atoms with Crippen LogP contribution >= 0.6 is 22.7 Å². The van der Waals surface area contributed by atoms with Crippen LogP contribution in [0.15, 0.2) is 16.8 Å². The molecule has 1 N–H and O–H groups in total. The van der Waals surface area contributed by atoms with Crippen molar-refractivity contribution in [3.63, 3.8) is 0 Å². The fourth-order valence-electron chi connectivity index (χ4n) is 1.75. The Labute approximate surface area is 143 Å². The molecule has 0 aliphatic heterocycles. The van der Waals surface area contributed by atoms with Gasteiger partial charge in [-0.05, 0) is 31.2 Å². The summed E-state index contributed by atoms with van der Waals surface area (Å²) in [4.78, 5) is 28.8. The zero-order chi connectivity index (χ0) is 17.0. The summed E-state index contributed by atoms with van der Waals surface area (Å²) in [6.45, 7) is 7.45. The van der Waals surface area contributed by atoms with Gasteiger partial charge in [0.15, 0.2) is 6.61 Å². The maximum absolute atomic E-state index is 12.1. The number of amides is 1. The standard InChI is InChI=1S/C16H20N2O3S2/c1-9(2)10(3)17-13(19)7-21-16(20)14-11(4)18-15(23-14)12-5-6-22-8-12/h5-6,8-10H,7H2,1-4H3,(H,17,19). The number of nitrogens with one attached hydrogen (secondary N) is 1. The Bertz CT molecular complexity index is 678. The van der Waals surface area contributed by atoms with Gasteiger partial charge in [-0.15, -0.1) is 11.3 Å². The lowest BCUT2D eigenvalue weighted by atomic mass is 10.1. The van der Waals surface area contributed by atoms with Gasteiger partial charge in [0, 0.05) is 17.0 Å². The van der Waals surface area contributed by atoms with E-state index in [1.807, 2.05) is 37.6 Å². The Morgan fingerprint density at radius 3 is 2.70 bits per heavy atom. The highest BCUT2D eigenvalue weighted by Crippen LogP contribution is 2.29. The number of aromatic nitrogens is 1. The minimum absolute atomic E-state index is 0.0385. The molecule has 2 aromatic rings. The first-order valence-corrected chi connectivity index (χ1v) is 9.11. The van der Waals surface area contributed by atoms with E-state index in [0.717, 1.165) is 10.6 Å². The number of aryl methyl sites for hydroxylation is 1. The highest BCUT2D eigenvalue weighted by atomic mass is 32.1.